The minimum atomic E-state index is -0.937. The molecule has 1 saturated heterocycles. The topological polar surface area (TPSA) is 107 Å². The van der Waals surface area contributed by atoms with Crippen LogP contribution in [0.1, 0.15) is 35.9 Å². The number of carboxylic acids is 1. The summed E-state index contributed by atoms with van der Waals surface area (Å²) in [6, 6.07) is 5.42. The van der Waals surface area contributed by atoms with Gasteiger partial charge < -0.3 is 19.5 Å². The van der Waals surface area contributed by atoms with E-state index < -0.39 is 11.4 Å². The van der Waals surface area contributed by atoms with E-state index in [1.54, 1.807) is 35.6 Å². The second kappa shape index (κ2) is 6.81. The lowest BCUT2D eigenvalue weighted by Gasteiger charge is -2.37. The van der Waals surface area contributed by atoms with E-state index in [1.807, 2.05) is 6.07 Å². The molecule has 1 atom stereocenters. The Bertz CT molecular complexity index is 940. The lowest BCUT2D eigenvalue weighted by atomic mass is 9.82. The van der Waals surface area contributed by atoms with Gasteiger partial charge in [-0.1, -0.05) is 5.21 Å². The molecule has 2 aliphatic rings. The van der Waals surface area contributed by atoms with Gasteiger partial charge in [-0.05, 0) is 38.8 Å². The number of hydrogen-bond acceptors (Lipinski definition) is 6. The van der Waals surface area contributed by atoms with Gasteiger partial charge in [0.2, 0.25) is 0 Å². The summed E-state index contributed by atoms with van der Waals surface area (Å²) in [6.45, 7) is 5.11. The first kappa shape index (κ1) is 18.3. The van der Waals surface area contributed by atoms with Crippen molar-refractivity contribution in [3.05, 3.63) is 29.6 Å². The molecule has 2 aliphatic heterocycles. The van der Waals surface area contributed by atoms with Crippen LogP contribution in [-0.2, 0) is 4.79 Å². The quantitative estimate of drug-likeness (QED) is 0.855. The van der Waals surface area contributed by atoms with Crippen molar-refractivity contribution in [2.45, 2.75) is 26.7 Å². The van der Waals surface area contributed by atoms with E-state index in [-0.39, 0.29) is 18.1 Å². The van der Waals surface area contributed by atoms with Crippen LogP contribution in [0.2, 0.25) is 0 Å². The number of aromatic nitrogens is 3. The van der Waals surface area contributed by atoms with Crippen molar-refractivity contribution in [3.63, 3.8) is 0 Å². The molecule has 0 spiro atoms. The summed E-state index contributed by atoms with van der Waals surface area (Å²) in [7, 11) is 0. The lowest BCUT2D eigenvalue weighted by Crippen LogP contribution is -2.48. The Morgan fingerprint density at radius 1 is 1.21 bits per heavy atom. The molecule has 148 valence electrons. The monoisotopic (exact) mass is 386 g/mol. The van der Waals surface area contributed by atoms with E-state index in [1.165, 1.54) is 0 Å². The lowest BCUT2D eigenvalue weighted by molar-refractivity contribution is -0.150. The number of piperidine rings is 1. The molecule has 1 N–H and O–H groups in total. The Balaban J connectivity index is 1.60. The molecular formula is C19H22N4O5. The Labute approximate surface area is 161 Å². The fourth-order valence-electron chi connectivity index (χ4n) is 3.67. The zero-order chi connectivity index (χ0) is 19.9. The molecule has 0 radical (unpaired) electrons. The zero-order valence-electron chi connectivity index (χ0n) is 15.8. The number of carbonyl (C=O) groups is 2. The molecule has 1 amide bonds. The molecule has 9 heteroatoms. The van der Waals surface area contributed by atoms with E-state index in [4.69, 9.17) is 9.47 Å². The van der Waals surface area contributed by atoms with Crippen molar-refractivity contribution in [1.29, 1.82) is 0 Å². The molecule has 4 rings (SSSR count). The van der Waals surface area contributed by atoms with Crippen molar-refractivity contribution in [3.8, 4) is 17.2 Å². The average molecular weight is 386 g/mol. The maximum Gasteiger partial charge on any atom is 0.311 e. The minimum absolute atomic E-state index is 0.164. The maximum absolute atomic E-state index is 13.0. The number of ether oxygens (including phenoxy) is 2. The van der Waals surface area contributed by atoms with E-state index >= 15 is 0 Å². The molecule has 2 aromatic rings. The van der Waals surface area contributed by atoms with E-state index in [9.17, 15) is 14.7 Å². The highest BCUT2D eigenvalue weighted by Crippen LogP contribution is 2.33. The van der Waals surface area contributed by atoms with Crippen molar-refractivity contribution in [2.75, 3.05) is 26.3 Å². The molecule has 0 aliphatic carbocycles. The Kier molecular flexibility index (Phi) is 4.44. The number of hydrogen-bond donors (Lipinski definition) is 1. The van der Waals surface area contributed by atoms with Gasteiger partial charge in [-0.25, -0.2) is 4.68 Å². The predicted octanol–water partition coefficient (Wildman–Crippen LogP) is 1.67. The van der Waals surface area contributed by atoms with Crippen molar-refractivity contribution in [1.82, 2.24) is 19.9 Å². The number of carbonyl (C=O) groups excluding carboxylic acids is 1. The standard InChI is InChI=1S/C19H22N4O5/c1-12-16(17(24)22-7-3-6-19(2,11-22)18(25)26)20-21-23(12)13-4-5-14-15(10-13)28-9-8-27-14/h4-5,10H,3,6-9,11H2,1-2H3,(H,25,26). The molecule has 0 saturated carbocycles. The van der Waals surface area contributed by atoms with Gasteiger partial charge in [-0.3, -0.25) is 9.59 Å². The largest absolute Gasteiger partial charge is 0.486 e. The first-order valence-corrected chi connectivity index (χ1v) is 9.24. The number of carboxylic acid groups (broad SMARTS) is 1. The van der Waals surface area contributed by atoms with Gasteiger partial charge in [0.1, 0.15) is 13.2 Å². The highest BCUT2D eigenvalue weighted by molar-refractivity contribution is 5.94. The molecule has 1 aromatic heterocycles. The van der Waals surface area contributed by atoms with Crippen LogP contribution in [0.25, 0.3) is 5.69 Å². The number of benzene rings is 1. The zero-order valence-corrected chi connectivity index (χ0v) is 15.8. The molecule has 0 bridgehead atoms. The summed E-state index contributed by atoms with van der Waals surface area (Å²) in [5, 5.41) is 17.7. The Morgan fingerprint density at radius 3 is 2.71 bits per heavy atom. The molecule has 3 heterocycles. The number of likely N-dealkylation sites (tertiary alicyclic amines) is 1. The van der Waals surface area contributed by atoms with Gasteiger partial charge in [0.05, 0.1) is 16.8 Å². The first-order chi connectivity index (χ1) is 13.4. The highest BCUT2D eigenvalue weighted by atomic mass is 16.6. The molecule has 1 unspecified atom stereocenters. The fourth-order valence-corrected chi connectivity index (χ4v) is 3.67. The number of aliphatic carboxylic acids is 1. The first-order valence-electron chi connectivity index (χ1n) is 9.24. The molecule has 9 nitrogen and oxygen atoms in total. The van der Waals surface area contributed by atoms with Crippen molar-refractivity contribution in [2.24, 2.45) is 5.41 Å². The Morgan fingerprint density at radius 2 is 1.96 bits per heavy atom. The summed E-state index contributed by atoms with van der Waals surface area (Å²) in [4.78, 5) is 26.1. The van der Waals surface area contributed by atoms with Crippen LogP contribution < -0.4 is 9.47 Å². The van der Waals surface area contributed by atoms with Crippen LogP contribution >= 0.6 is 0 Å². The second-order valence-corrected chi connectivity index (χ2v) is 7.46. The number of amides is 1. The second-order valence-electron chi connectivity index (χ2n) is 7.46. The molecule has 28 heavy (non-hydrogen) atoms. The number of fused-ring (bicyclic) bond motifs is 1. The third-order valence-electron chi connectivity index (χ3n) is 5.37. The van der Waals surface area contributed by atoms with Gasteiger partial charge in [0.25, 0.3) is 5.91 Å². The average Bonchev–Trinajstić information content (AvgIpc) is 3.08. The summed E-state index contributed by atoms with van der Waals surface area (Å²) in [5.41, 5.74) is 0.587. The summed E-state index contributed by atoms with van der Waals surface area (Å²) in [6.07, 6.45) is 1.19. The van der Waals surface area contributed by atoms with Gasteiger partial charge >= 0.3 is 5.97 Å². The van der Waals surface area contributed by atoms with Gasteiger partial charge in [-0.2, -0.15) is 0 Å². The van der Waals surface area contributed by atoms with E-state index in [0.29, 0.717) is 55.5 Å². The summed E-state index contributed by atoms with van der Waals surface area (Å²) < 4.78 is 12.7. The summed E-state index contributed by atoms with van der Waals surface area (Å²) >= 11 is 0. The number of nitrogens with zero attached hydrogens (tertiary/aromatic N) is 4. The van der Waals surface area contributed by atoms with Crippen molar-refractivity contribution >= 4 is 11.9 Å². The van der Waals surface area contributed by atoms with E-state index in [2.05, 4.69) is 10.3 Å². The maximum atomic E-state index is 13.0. The molecular weight excluding hydrogens is 364 g/mol. The van der Waals surface area contributed by atoms with Crippen LogP contribution in [0, 0.1) is 12.3 Å². The van der Waals surface area contributed by atoms with Crippen LogP contribution in [0.5, 0.6) is 11.5 Å². The Hall–Kier alpha value is -3.10. The normalized spacial score (nSPS) is 21.4. The minimum Gasteiger partial charge on any atom is -0.486 e. The van der Waals surface area contributed by atoms with Crippen LogP contribution in [0.4, 0.5) is 0 Å². The van der Waals surface area contributed by atoms with E-state index in [0.717, 1.165) is 0 Å². The van der Waals surface area contributed by atoms with Gasteiger partial charge in [-0.15, -0.1) is 5.10 Å². The predicted molar refractivity (Wildman–Crippen MR) is 98.0 cm³/mol. The van der Waals surface area contributed by atoms with Crippen LogP contribution in [-0.4, -0.2) is 63.2 Å². The van der Waals surface area contributed by atoms with Crippen molar-refractivity contribution < 1.29 is 24.2 Å². The number of rotatable bonds is 3. The fraction of sp³-hybridized carbons (Fsp3) is 0.474. The molecule has 1 aromatic carbocycles. The SMILES string of the molecule is Cc1c(C(=O)N2CCCC(C)(C(=O)O)C2)nnn1-c1ccc2c(c1)OCCO2. The smallest absolute Gasteiger partial charge is 0.311 e. The van der Waals surface area contributed by atoms with Gasteiger partial charge in [0.15, 0.2) is 17.2 Å². The highest BCUT2D eigenvalue weighted by Gasteiger charge is 2.40. The van der Waals surface area contributed by atoms with Gasteiger partial charge in [0, 0.05) is 19.2 Å². The van der Waals surface area contributed by atoms with Crippen LogP contribution in [0.15, 0.2) is 18.2 Å². The summed E-state index contributed by atoms with van der Waals surface area (Å²) in [5.74, 6) is 0.111. The van der Waals surface area contributed by atoms with Crippen LogP contribution in [0.3, 0.4) is 0 Å². The third kappa shape index (κ3) is 3.06. The molecule has 1 fully saturated rings. The third-order valence-corrected chi connectivity index (χ3v) is 5.37.